The number of benzene rings is 1. The van der Waals surface area contributed by atoms with Crippen LogP contribution in [0.5, 0.6) is 11.5 Å². The summed E-state index contributed by atoms with van der Waals surface area (Å²) >= 11 is 0. The molecule has 2 aliphatic rings. The zero-order chi connectivity index (χ0) is 21.4. The Morgan fingerprint density at radius 1 is 1.40 bits per heavy atom. The van der Waals surface area contributed by atoms with Gasteiger partial charge in [-0.3, -0.25) is 9.59 Å². The lowest BCUT2D eigenvalue weighted by Gasteiger charge is -2.34. The molecule has 2 aliphatic heterocycles. The number of carbonyl (C=O) groups is 1. The van der Waals surface area contributed by atoms with Crippen LogP contribution in [0.2, 0.25) is 0 Å². The summed E-state index contributed by atoms with van der Waals surface area (Å²) in [5.74, 6) is 1.59. The summed E-state index contributed by atoms with van der Waals surface area (Å²) in [7, 11) is 0. The molecular weight excluding hydrogens is 380 g/mol. The fraction of sp³-hybridized carbons (Fsp3) is 0.458. The van der Waals surface area contributed by atoms with E-state index >= 15 is 0 Å². The molecule has 1 atom stereocenters. The molecule has 4 rings (SSSR count). The van der Waals surface area contributed by atoms with E-state index in [1.54, 1.807) is 12.3 Å². The van der Waals surface area contributed by atoms with Crippen LogP contribution in [-0.4, -0.2) is 30.1 Å². The summed E-state index contributed by atoms with van der Waals surface area (Å²) in [6.07, 6.45) is 3.97. The Morgan fingerprint density at radius 3 is 2.90 bits per heavy atom. The average molecular weight is 406 g/mol. The van der Waals surface area contributed by atoms with E-state index in [1.165, 1.54) is 6.92 Å². The van der Waals surface area contributed by atoms with Gasteiger partial charge in [0, 0.05) is 35.9 Å². The minimum absolute atomic E-state index is 0.140. The summed E-state index contributed by atoms with van der Waals surface area (Å²) < 4.78 is 14.0. The molecule has 0 amide bonds. The van der Waals surface area contributed by atoms with Gasteiger partial charge in [0.1, 0.15) is 0 Å². The molecule has 1 unspecified atom stereocenters. The minimum Gasteiger partial charge on any atom is -0.489 e. The second-order valence-electron chi connectivity index (χ2n) is 8.31. The number of hydrogen-bond donors (Lipinski definition) is 0. The van der Waals surface area contributed by atoms with Crippen molar-refractivity contribution in [3.8, 4) is 22.8 Å². The number of hydrogen-bond acceptors (Lipinski definition) is 4. The van der Waals surface area contributed by atoms with Crippen molar-refractivity contribution >= 4 is 5.78 Å². The fourth-order valence-electron chi connectivity index (χ4n) is 4.49. The third kappa shape index (κ3) is 3.39. The van der Waals surface area contributed by atoms with Crippen LogP contribution >= 0.6 is 0 Å². The third-order valence-corrected chi connectivity index (χ3v) is 5.97. The highest BCUT2D eigenvalue weighted by molar-refractivity contribution is 5.94. The maximum atomic E-state index is 12.7. The highest BCUT2D eigenvalue weighted by atomic mass is 16.5. The van der Waals surface area contributed by atoms with Crippen molar-refractivity contribution in [2.75, 3.05) is 19.8 Å². The molecule has 0 bridgehead atoms. The zero-order valence-electron chi connectivity index (χ0n) is 17.7. The predicted octanol–water partition coefficient (Wildman–Crippen LogP) is 4.09. The topological polar surface area (TPSA) is 61.9 Å². The standard InChI is InChI=1S/C24H26N2O4/c1-14(2)19-10-16-11-22(29-8-5-7-25-4)24-17(6-9-30-24)23(16)20-12-21(28)18(15(3)27)13-26(19)20/h11-14,19H,5-10H2,1-3H3. The Balaban J connectivity index is 1.87. The van der Waals surface area contributed by atoms with Crippen LogP contribution in [0.4, 0.5) is 0 Å². The first kappa shape index (κ1) is 20.2. The number of ketones is 1. The van der Waals surface area contributed by atoms with E-state index in [9.17, 15) is 9.59 Å². The molecule has 1 aromatic carbocycles. The molecule has 6 heteroatoms. The molecule has 30 heavy (non-hydrogen) atoms. The summed E-state index contributed by atoms with van der Waals surface area (Å²) in [6.45, 7) is 14.2. The number of nitrogens with zero attached hydrogens (tertiary/aromatic N) is 2. The third-order valence-electron chi connectivity index (χ3n) is 5.97. The van der Waals surface area contributed by atoms with Crippen molar-refractivity contribution in [3.63, 3.8) is 0 Å². The molecular formula is C24H26N2O4. The molecule has 2 aromatic rings. The molecule has 6 nitrogen and oxygen atoms in total. The summed E-state index contributed by atoms with van der Waals surface area (Å²) in [4.78, 5) is 28.0. The number of fused-ring (bicyclic) bond motifs is 5. The van der Waals surface area contributed by atoms with Gasteiger partial charge in [0.15, 0.2) is 22.7 Å². The van der Waals surface area contributed by atoms with Gasteiger partial charge in [-0.05, 0) is 30.9 Å². The van der Waals surface area contributed by atoms with Crippen LogP contribution in [-0.2, 0) is 12.8 Å². The van der Waals surface area contributed by atoms with Crippen molar-refractivity contribution in [2.45, 2.75) is 46.1 Å². The quantitative estimate of drug-likeness (QED) is 0.412. The largest absolute Gasteiger partial charge is 0.489 e. The van der Waals surface area contributed by atoms with E-state index in [0.29, 0.717) is 32.1 Å². The van der Waals surface area contributed by atoms with Crippen molar-refractivity contribution in [2.24, 2.45) is 5.92 Å². The molecule has 0 spiro atoms. The van der Waals surface area contributed by atoms with E-state index in [-0.39, 0.29) is 22.8 Å². The Hall–Kier alpha value is -3.07. The van der Waals surface area contributed by atoms with Gasteiger partial charge in [0.05, 0.1) is 30.9 Å². The number of carbonyl (C=O) groups excluding carboxylic acids is 1. The summed E-state index contributed by atoms with van der Waals surface area (Å²) in [6, 6.07) is 3.79. The number of pyridine rings is 1. The normalized spacial score (nSPS) is 16.3. The van der Waals surface area contributed by atoms with Crippen LogP contribution < -0.4 is 14.9 Å². The van der Waals surface area contributed by atoms with Crippen LogP contribution in [0.3, 0.4) is 0 Å². The Morgan fingerprint density at radius 2 is 2.20 bits per heavy atom. The smallest absolute Gasteiger partial charge is 0.217 e. The number of rotatable bonds is 6. The van der Waals surface area contributed by atoms with Gasteiger partial charge in [-0.25, -0.2) is 6.57 Å². The first-order chi connectivity index (χ1) is 14.4. The zero-order valence-corrected chi connectivity index (χ0v) is 17.7. The van der Waals surface area contributed by atoms with Gasteiger partial charge < -0.3 is 18.9 Å². The molecule has 3 heterocycles. The lowest BCUT2D eigenvalue weighted by molar-refractivity contribution is 0.101. The van der Waals surface area contributed by atoms with Gasteiger partial charge in [0.25, 0.3) is 0 Å². The summed E-state index contributed by atoms with van der Waals surface area (Å²) in [5, 5.41) is 0. The maximum Gasteiger partial charge on any atom is 0.217 e. The van der Waals surface area contributed by atoms with Crippen molar-refractivity contribution in [1.82, 2.24) is 4.57 Å². The van der Waals surface area contributed by atoms with Gasteiger partial charge in [-0.2, -0.15) is 0 Å². The van der Waals surface area contributed by atoms with Crippen LogP contribution in [0.25, 0.3) is 16.1 Å². The molecule has 0 fully saturated rings. The maximum absolute atomic E-state index is 12.7. The van der Waals surface area contributed by atoms with Crippen molar-refractivity contribution in [3.05, 3.63) is 56.7 Å². The molecule has 0 N–H and O–H groups in total. The minimum atomic E-state index is -0.240. The van der Waals surface area contributed by atoms with Crippen LogP contribution in [0.15, 0.2) is 23.1 Å². The molecule has 0 radical (unpaired) electrons. The number of aromatic nitrogens is 1. The molecule has 0 saturated heterocycles. The summed E-state index contributed by atoms with van der Waals surface area (Å²) in [5.41, 5.74) is 4.11. The molecule has 0 aliphatic carbocycles. The van der Waals surface area contributed by atoms with Crippen LogP contribution in [0.1, 0.15) is 54.7 Å². The predicted molar refractivity (Wildman–Crippen MR) is 115 cm³/mol. The Bertz CT molecular complexity index is 1110. The van der Waals surface area contributed by atoms with E-state index in [0.717, 1.165) is 46.7 Å². The second-order valence-corrected chi connectivity index (χ2v) is 8.31. The SMILES string of the molecule is [C-]#[N+]CCCOc1cc2c(c3c1OCC3)-c1cc(=O)c(C(C)=O)cn1C(C(C)C)C2. The Labute approximate surface area is 176 Å². The first-order valence-corrected chi connectivity index (χ1v) is 10.5. The lowest BCUT2D eigenvalue weighted by Crippen LogP contribution is -2.28. The van der Waals surface area contributed by atoms with E-state index in [2.05, 4.69) is 23.3 Å². The van der Waals surface area contributed by atoms with Gasteiger partial charge in [-0.15, -0.1) is 0 Å². The van der Waals surface area contributed by atoms with Crippen LogP contribution in [0, 0.1) is 12.5 Å². The molecule has 156 valence electrons. The van der Waals surface area contributed by atoms with Gasteiger partial charge in [0.2, 0.25) is 6.54 Å². The second kappa shape index (κ2) is 7.98. The fourth-order valence-corrected chi connectivity index (χ4v) is 4.49. The van der Waals surface area contributed by atoms with Crippen molar-refractivity contribution in [1.29, 1.82) is 0 Å². The van der Waals surface area contributed by atoms with Gasteiger partial charge >= 0.3 is 0 Å². The highest BCUT2D eigenvalue weighted by Crippen LogP contribution is 2.48. The number of Topliss-reactive ketones (excluding diaryl/α,β-unsaturated/α-hetero) is 1. The highest BCUT2D eigenvalue weighted by Gasteiger charge is 2.33. The van der Waals surface area contributed by atoms with Crippen molar-refractivity contribution < 1.29 is 14.3 Å². The van der Waals surface area contributed by atoms with E-state index in [1.807, 2.05) is 6.07 Å². The Kier molecular flexibility index (Phi) is 5.38. The van der Waals surface area contributed by atoms with E-state index in [4.69, 9.17) is 16.0 Å². The monoisotopic (exact) mass is 406 g/mol. The van der Waals surface area contributed by atoms with E-state index < -0.39 is 0 Å². The lowest BCUT2D eigenvalue weighted by atomic mass is 9.84. The first-order valence-electron chi connectivity index (χ1n) is 10.5. The molecule has 0 saturated carbocycles. The van der Waals surface area contributed by atoms with Gasteiger partial charge in [-0.1, -0.05) is 13.8 Å². The molecule has 1 aromatic heterocycles. The average Bonchev–Trinajstić information content (AvgIpc) is 3.19. The number of ether oxygens (including phenoxy) is 2.